The van der Waals surface area contributed by atoms with Crippen molar-refractivity contribution in [2.45, 2.75) is 96.6 Å². The fourth-order valence-electron chi connectivity index (χ4n) is 8.45. The van der Waals surface area contributed by atoms with E-state index in [1.165, 1.54) is 13.8 Å². The van der Waals surface area contributed by atoms with Gasteiger partial charge in [0.15, 0.2) is 5.78 Å². The first-order valence-electron chi connectivity index (χ1n) is 12.0. The molecule has 4 rings (SSSR count). The van der Waals surface area contributed by atoms with E-state index in [0.717, 1.165) is 44.9 Å². The minimum Gasteiger partial charge on any atom is -0.463 e. The van der Waals surface area contributed by atoms with E-state index in [9.17, 15) is 14.4 Å². The number of hydrogen-bond acceptors (Lipinski definition) is 5. The van der Waals surface area contributed by atoms with Crippen LogP contribution in [0.15, 0.2) is 0 Å². The van der Waals surface area contributed by atoms with E-state index >= 15 is 0 Å². The summed E-state index contributed by atoms with van der Waals surface area (Å²) in [5.74, 6) is 1.45. The standard InChI is InChI=1S/C25H37BrO5/c1-13(30-14(2)27)19-8-9-20-18-7-6-16-12-17(31-15(3)28)10-11-24(16,4)21(18)22(29)23(26)25(19,20)5/h13,16-21,23H,6-12H2,1-5H3/t13-,16+,17+,18+,19-,20+,21-,23+,24+,25-/m1/s1. The predicted molar refractivity (Wildman–Crippen MR) is 120 cm³/mol. The summed E-state index contributed by atoms with van der Waals surface area (Å²) in [7, 11) is 0. The van der Waals surface area contributed by atoms with Gasteiger partial charge in [0.25, 0.3) is 0 Å². The maximum Gasteiger partial charge on any atom is 0.302 e. The number of carbonyl (C=O) groups excluding carboxylic acids is 3. The minimum atomic E-state index is -0.247. The molecule has 4 aliphatic carbocycles. The van der Waals surface area contributed by atoms with Crippen molar-refractivity contribution in [2.75, 3.05) is 0 Å². The topological polar surface area (TPSA) is 69.7 Å². The van der Waals surface area contributed by atoms with Crippen molar-refractivity contribution in [2.24, 2.45) is 40.4 Å². The lowest BCUT2D eigenvalue weighted by molar-refractivity contribution is -0.170. The molecule has 0 aliphatic heterocycles. The van der Waals surface area contributed by atoms with E-state index in [-0.39, 0.29) is 51.6 Å². The normalized spacial score (nSPS) is 47.5. The van der Waals surface area contributed by atoms with Crippen molar-refractivity contribution in [3.05, 3.63) is 0 Å². The van der Waals surface area contributed by atoms with Crippen LogP contribution in [0.5, 0.6) is 0 Å². The molecule has 0 N–H and O–H groups in total. The first kappa shape index (κ1) is 23.3. The van der Waals surface area contributed by atoms with Gasteiger partial charge in [-0.15, -0.1) is 0 Å². The molecule has 0 aromatic rings. The largest absolute Gasteiger partial charge is 0.463 e. The number of esters is 2. The van der Waals surface area contributed by atoms with Crippen molar-refractivity contribution in [3.63, 3.8) is 0 Å². The van der Waals surface area contributed by atoms with Gasteiger partial charge in [0.05, 0.1) is 4.83 Å². The predicted octanol–water partition coefficient (Wildman–Crippen LogP) is 5.08. The second kappa shape index (κ2) is 8.14. The molecule has 0 amide bonds. The average molecular weight is 497 g/mol. The fourth-order valence-corrected chi connectivity index (χ4v) is 9.42. The van der Waals surface area contributed by atoms with Crippen LogP contribution in [0.1, 0.15) is 79.6 Å². The van der Waals surface area contributed by atoms with E-state index < -0.39 is 0 Å². The molecule has 174 valence electrons. The number of carbonyl (C=O) groups is 3. The van der Waals surface area contributed by atoms with Crippen molar-refractivity contribution >= 4 is 33.7 Å². The van der Waals surface area contributed by atoms with Crippen LogP contribution in [0.4, 0.5) is 0 Å². The van der Waals surface area contributed by atoms with E-state index in [4.69, 9.17) is 9.47 Å². The van der Waals surface area contributed by atoms with Gasteiger partial charge in [-0.25, -0.2) is 0 Å². The number of fused-ring (bicyclic) bond motifs is 5. The maximum atomic E-state index is 14.0. The van der Waals surface area contributed by atoms with Gasteiger partial charge in [-0.05, 0) is 80.5 Å². The summed E-state index contributed by atoms with van der Waals surface area (Å²) in [6, 6.07) is 0. The number of Topliss-reactive ketones (excluding diaryl/α,β-unsaturated/α-hetero) is 1. The monoisotopic (exact) mass is 496 g/mol. The van der Waals surface area contributed by atoms with Gasteiger partial charge in [0.2, 0.25) is 0 Å². The van der Waals surface area contributed by atoms with Crippen LogP contribution < -0.4 is 0 Å². The van der Waals surface area contributed by atoms with Gasteiger partial charge in [0, 0.05) is 25.7 Å². The average Bonchev–Trinajstić information content (AvgIpc) is 3.03. The number of alkyl halides is 1. The lowest BCUT2D eigenvalue weighted by Gasteiger charge is -2.61. The van der Waals surface area contributed by atoms with Gasteiger partial charge in [-0.2, -0.15) is 0 Å². The molecule has 0 bridgehead atoms. The number of rotatable bonds is 3. The maximum absolute atomic E-state index is 14.0. The van der Waals surface area contributed by atoms with E-state index in [2.05, 4.69) is 29.8 Å². The van der Waals surface area contributed by atoms with Crippen LogP contribution in [0.25, 0.3) is 0 Å². The Hall–Kier alpha value is -0.910. The SMILES string of the molecule is CC(=O)O[C@H]1CC[C@@]2(C)[C@@H](CC[C@@H]3[C@@H]2C(=O)[C@H](Br)[C@]2(C)[C@@H]([C@@H](C)OC(C)=O)CC[C@@H]32)C1. The Morgan fingerprint density at radius 2 is 1.77 bits per heavy atom. The second-order valence-corrected chi connectivity index (χ2v) is 12.1. The summed E-state index contributed by atoms with van der Waals surface area (Å²) in [4.78, 5) is 36.9. The van der Waals surface area contributed by atoms with E-state index in [0.29, 0.717) is 23.5 Å². The van der Waals surface area contributed by atoms with Crippen LogP contribution in [0, 0.1) is 40.4 Å². The molecule has 4 aliphatic rings. The molecule has 10 atom stereocenters. The highest BCUT2D eigenvalue weighted by Gasteiger charge is 2.67. The van der Waals surface area contributed by atoms with E-state index in [1.54, 1.807) is 0 Å². The smallest absolute Gasteiger partial charge is 0.302 e. The van der Waals surface area contributed by atoms with Gasteiger partial charge in [-0.1, -0.05) is 29.8 Å². The molecular formula is C25H37BrO5. The molecule has 4 saturated carbocycles. The summed E-state index contributed by atoms with van der Waals surface area (Å²) < 4.78 is 11.2. The molecule has 0 heterocycles. The summed E-state index contributed by atoms with van der Waals surface area (Å²) in [5, 5.41) is 0. The Morgan fingerprint density at radius 3 is 2.42 bits per heavy atom. The molecule has 5 nitrogen and oxygen atoms in total. The number of ketones is 1. The minimum absolute atomic E-state index is 0.00343. The summed E-state index contributed by atoms with van der Waals surface area (Å²) in [6.07, 6.45) is 6.77. The van der Waals surface area contributed by atoms with Crippen molar-refractivity contribution in [3.8, 4) is 0 Å². The Balaban J connectivity index is 1.61. The number of hydrogen-bond donors (Lipinski definition) is 0. The molecule has 0 aromatic carbocycles. The zero-order chi connectivity index (χ0) is 22.7. The van der Waals surface area contributed by atoms with Gasteiger partial charge in [-0.3, -0.25) is 14.4 Å². The summed E-state index contributed by atoms with van der Waals surface area (Å²) in [6.45, 7) is 9.53. The Kier molecular flexibility index (Phi) is 6.11. The Bertz CT molecular complexity index is 767. The van der Waals surface area contributed by atoms with Gasteiger partial charge in [0.1, 0.15) is 12.2 Å². The highest BCUT2D eigenvalue weighted by atomic mass is 79.9. The second-order valence-electron chi connectivity index (χ2n) is 11.2. The third-order valence-electron chi connectivity index (χ3n) is 9.73. The van der Waals surface area contributed by atoms with Crippen molar-refractivity contribution in [1.29, 1.82) is 0 Å². The molecule has 6 heteroatoms. The number of ether oxygens (including phenoxy) is 2. The molecular weight excluding hydrogens is 460 g/mol. The molecule has 0 saturated heterocycles. The van der Waals surface area contributed by atoms with Crippen LogP contribution >= 0.6 is 15.9 Å². The third kappa shape index (κ3) is 3.59. The lowest BCUT2D eigenvalue weighted by Crippen LogP contribution is -2.62. The highest BCUT2D eigenvalue weighted by Crippen LogP contribution is 2.68. The number of halogens is 1. The van der Waals surface area contributed by atoms with Crippen molar-refractivity contribution < 1.29 is 23.9 Å². The zero-order valence-electron chi connectivity index (χ0n) is 19.5. The first-order chi connectivity index (χ1) is 14.5. The Labute approximate surface area is 194 Å². The third-order valence-corrected chi connectivity index (χ3v) is 11.2. The Morgan fingerprint density at radius 1 is 1.06 bits per heavy atom. The molecule has 31 heavy (non-hydrogen) atoms. The summed E-state index contributed by atoms with van der Waals surface area (Å²) >= 11 is 3.88. The molecule has 0 aromatic heterocycles. The van der Waals surface area contributed by atoms with Crippen LogP contribution in [0.3, 0.4) is 0 Å². The fraction of sp³-hybridized carbons (Fsp3) is 0.880. The highest BCUT2D eigenvalue weighted by molar-refractivity contribution is 9.10. The lowest BCUT2D eigenvalue weighted by atomic mass is 9.44. The summed E-state index contributed by atoms with van der Waals surface area (Å²) in [5.41, 5.74) is -0.213. The van der Waals surface area contributed by atoms with Crippen LogP contribution in [-0.4, -0.2) is 34.8 Å². The van der Waals surface area contributed by atoms with E-state index in [1.807, 2.05) is 6.92 Å². The molecule has 0 unspecified atom stereocenters. The molecule has 0 radical (unpaired) electrons. The zero-order valence-corrected chi connectivity index (χ0v) is 21.1. The van der Waals surface area contributed by atoms with Gasteiger partial charge < -0.3 is 9.47 Å². The molecule has 0 spiro atoms. The first-order valence-corrected chi connectivity index (χ1v) is 12.9. The van der Waals surface area contributed by atoms with Crippen molar-refractivity contribution in [1.82, 2.24) is 0 Å². The molecule has 4 fully saturated rings. The van der Waals surface area contributed by atoms with Gasteiger partial charge >= 0.3 is 11.9 Å². The van der Waals surface area contributed by atoms with Crippen LogP contribution in [-0.2, 0) is 23.9 Å². The quantitative estimate of drug-likeness (QED) is 0.402. The van der Waals surface area contributed by atoms with Crippen LogP contribution in [0.2, 0.25) is 0 Å².